The van der Waals surface area contributed by atoms with Gasteiger partial charge in [0.2, 0.25) is 0 Å². The Bertz CT molecular complexity index is 538. The maximum Gasteiger partial charge on any atom is 0.348 e. The van der Waals surface area contributed by atoms with Gasteiger partial charge in [-0.25, -0.2) is 4.79 Å². The van der Waals surface area contributed by atoms with Gasteiger partial charge in [-0.15, -0.1) is 11.3 Å². The normalized spacial score (nSPS) is 21.4. The maximum absolute atomic E-state index is 12.0. The highest BCUT2D eigenvalue weighted by molar-refractivity contribution is 7.14. The number of aryl methyl sites for hydroxylation is 2. The van der Waals surface area contributed by atoms with Crippen molar-refractivity contribution in [2.24, 2.45) is 5.92 Å². The number of ether oxygens (including phenoxy) is 1. The summed E-state index contributed by atoms with van der Waals surface area (Å²) in [6.07, 6.45) is 5.47. The lowest BCUT2D eigenvalue weighted by Crippen LogP contribution is -2.42. The predicted octanol–water partition coefficient (Wildman–Crippen LogP) is 3.47. The van der Waals surface area contributed by atoms with Crippen LogP contribution < -0.4 is 5.32 Å². The molecule has 1 saturated carbocycles. The van der Waals surface area contributed by atoms with E-state index in [4.69, 9.17) is 4.74 Å². The highest BCUT2D eigenvalue weighted by atomic mass is 32.1. The summed E-state index contributed by atoms with van der Waals surface area (Å²) in [5.74, 6) is -0.101. The third kappa shape index (κ3) is 4.32. The summed E-state index contributed by atoms with van der Waals surface area (Å²) in [5, 5.41) is 2.99. The van der Waals surface area contributed by atoms with Gasteiger partial charge in [0.15, 0.2) is 6.61 Å². The number of hydrogen-bond acceptors (Lipinski definition) is 4. The zero-order chi connectivity index (χ0) is 16.1. The van der Waals surface area contributed by atoms with Gasteiger partial charge in [-0.1, -0.05) is 26.7 Å². The third-order valence-electron chi connectivity index (χ3n) is 4.34. The number of amides is 1. The Labute approximate surface area is 136 Å². The van der Waals surface area contributed by atoms with Crippen molar-refractivity contribution in [3.63, 3.8) is 0 Å². The first-order valence-corrected chi connectivity index (χ1v) is 8.88. The van der Waals surface area contributed by atoms with Gasteiger partial charge in [-0.05, 0) is 43.7 Å². The molecule has 1 aromatic rings. The summed E-state index contributed by atoms with van der Waals surface area (Å²) in [5.41, 5.74) is 1.11. The van der Waals surface area contributed by atoms with Crippen molar-refractivity contribution in [3.8, 4) is 0 Å². The summed E-state index contributed by atoms with van der Waals surface area (Å²) in [6, 6.07) is 2.06. The number of nitrogens with one attached hydrogen (secondary N) is 1. The van der Waals surface area contributed by atoms with Crippen molar-refractivity contribution in [2.45, 2.75) is 58.9 Å². The molecular weight excluding hydrogens is 298 g/mol. The fraction of sp³-hybridized carbons (Fsp3) is 0.647. The van der Waals surface area contributed by atoms with Crippen LogP contribution in [0.3, 0.4) is 0 Å². The van der Waals surface area contributed by atoms with Crippen molar-refractivity contribution in [1.29, 1.82) is 0 Å². The van der Waals surface area contributed by atoms with E-state index in [9.17, 15) is 9.59 Å². The van der Waals surface area contributed by atoms with Gasteiger partial charge in [-0.3, -0.25) is 4.79 Å². The number of esters is 1. The van der Waals surface area contributed by atoms with E-state index in [0.717, 1.165) is 31.2 Å². The molecule has 1 amide bonds. The minimum absolute atomic E-state index is 0.194. The SMILES string of the molecule is CCc1sc(C(=O)OCC(=O)N[C@H]2CCCC[C@@H]2C)cc1C. The molecule has 2 atom stereocenters. The minimum atomic E-state index is -0.403. The molecule has 1 aromatic heterocycles. The van der Waals surface area contributed by atoms with Crippen molar-refractivity contribution in [2.75, 3.05) is 6.61 Å². The second-order valence-corrected chi connectivity index (χ2v) is 7.22. The monoisotopic (exact) mass is 323 g/mol. The number of rotatable bonds is 5. The molecule has 0 spiro atoms. The quantitative estimate of drug-likeness (QED) is 0.844. The van der Waals surface area contributed by atoms with Gasteiger partial charge in [0.25, 0.3) is 5.91 Å². The Kier molecular flexibility index (Phi) is 6.00. The second-order valence-electron chi connectivity index (χ2n) is 6.08. The first-order valence-electron chi connectivity index (χ1n) is 8.07. The summed E-state index contributed by atoms with van der Waals surface area (Å²) in [7, 11) is 0. The third-order valence-corrected chi connectivity index (χ3v) is 5.70. The van der Waals surface area contributed by atoms with Crippen LogP contribution in [-0.2, 0) is 16.0 Å². The van der Waals surface area contributed by atoms with Crippen LogP contribution in [0.1, 0.15) is 59.6 Å². The minimum Gasteiger partial charge on any atom is -0.451 e. The lowest BCUT2D eigenvalue weighted by atomic mass is 9.86. The van der Waals surface area contributed by atoms with E-state index in [1.165, 1.54) is 22.6 Å². The van der Waals surface area contributed by atoms with E-state index in [0.29, 0.717) is 10.8 Å². The van der Waals surface area contributed by atoms with Crippen LogP contribution in [0.15, 0.2) is 6.07 Å². The van der Waals surface area contributed by atoms with Crippen LogP contribution in [-0.4, -0.2) is 24.5 Å². The smallest absolute Gasteiger partial charge is 0.348 e. The number of carbonyl (C=O) groups is 2. The molecular formula is C17H25NO3S. The zero-order valence-corrected chi connectivity index (χ0v) is 14.4. The standard InChI is InChI=1S/C17H25NO3S/c1-4-14-12(3)9-15(22-14)17(20)21-10-16(19)18-13-8-6-5-7-11(13)2/h9,11,13H,4-8,10H2,1-3H3,(H,18,19)/t11-,13-/m0/s1. The average Bonchev–Trinajstić information content (AvgIpc) is 2.88. The molecule has 0 bridgehead atoms. The topological polar surface area (TPSA) is 55.4 Å². The maximum atomic E-state index is 12.0. The Balaban J connectivity index is 1.81. The number of carbonyl (C=O) groups excluding carboxylic acids is 2. The Morgan fingerprint density at radius 1 is 1.36 bits per heavy atom. The van der Waals surface area contributed by atoms with E-state index in [1.807, 2.05) is 13.0 Å². The molecule has 0 aromatic carbocycles. The Morgan fingerprint density at radius 2 is 2.09 bits per heavy atom. The van der Waals surface area contributed by atoms with E-state index in [-0.39, 0.29) is 18.6 Å². The van der Waals surface area contributed by atoms with Crippen molar-refractivity contribution < 1.29 is 14.3 Å². The molecule has 122 valence electrons. The summed E-state index contributed by atoms with van der Waals surface area (Å²) >= 11 is 1.45. The van der Waals surface area contributed by atoms with Crippen LogP contribution in [0, 0.1) is 12.8 Å². The summed E-state index contributed by atoms with van der Waals surface area (Å²) in [6.45, 7) is 6.02. The summed E-state index contributed by atoms with van der Waals surface area (Å²) < 4.78 is 5.14. The van der Waals surface area contributed by atoms with Gasteiger partial charge >= 0.3 is 5.97 Å². The number of thiophene rings is 1. The van der Waals surface area contributed by atoms with Gasteiger partial charge in [0.1, 0.15) is 4.88 Å². The lowest BCUT2D eigenvalue weighted by Gasteiger charge is -2.29. The molecule has 5 heteroatoms. The van der Waals surface area contributed by atoms with Gasteiger partial charge < -0.3 is 10.1 Å². The fourth-order valence-corrected chi connectivity index (χ4v) is 3.96. The first kappa shape index (κ1) is 17.0. The van der Waals surface area contributed by atoms with Crippen molar-refractivity contribution in [3.05, 3.63) is 21.4 Å². The fourth-order valence-electron chi connectivity index (χ4n) is 2.95. The van der Waals surface area contributed by atoms with Crippen LogP contribution in [0.2, 0.25) is 0 Å². The van der Waals surface area contributed by atoms with E-state index >= 15 is 0 Å². The molecule has 22 heavy (non-hydrogen) atoms. The molecule has 0 radical (unpaired) electrons. The Morgan fingerprint density at radius 3 is 2.73 bits per heavy atom. The summed E-state index contributed by atoms with van der Waals surface area (Å²) in [4.78, 5) is 25.7. The zero-order valence-electron chi connectivity index (χ0n) is 13.6. The molecule has 1 heterocycles. The molecule has 0 unspecified atom stereocenters. The molecule has 0 saturated heterocycles. The van der Waals surface area contributed by atoms with E-state index in [1.54, 1.807) is 0 Å². The van der Waals surface area contributed by atoms with E-state index < -0.39 is 5.97 Å². The van der Waals surface area contributed by atoms with Gasteiger partial charge in [-0.2, -0.15) is 0 Å². The molecule has 1 fully saturated rings. The van der Waals surface area contributed by atoms with Crippen LogP contribution >= 0.6 is 11.3 Å². The lowest BCUT2D eigenvalue weighted by molar-refractivity contribution is -0.125. The van der Waals surface area contributed by atoms with Crippen molar-refractivity contribution in [1.82, 2.24) is 5.32 Å². The number of hydrogen-bond donors (Lipinski definition) is 1. The molecule has 4 nitrogen and oxygen atoms in total. The van der Waals surface area contributed by atoms with Crippen LogP contribution in [0.5, 0.6) is 0 Å². The average molecular weight is 323 g/mol. The van der Waals surface area contributed by atoms with Gasteiger partial charge in [0, 0.05) is 10.9 Å². The molecule has 0 aliphatic heterocycles. The highest BCUT2D eigenvalue weighted by Crippen LogP contribution is 2.24. The Hall–Kier alpha value is -1.36. The largest absolute Gasteiger partial charge is 0.451 e. The molecule has 1 aliphatic carbocycles. The highest BCUT2D eigenvalue weighted by Gasteiger charge is 2.23. The van der Waals surface area contributed by atoms with Gasteiger partial charge in [0.05, 0.1) is 0 Å². The second kappa shape index (κ2) is 7.77. The predicted molar refractivity (Wildman–Crippen MR) is 88.3 cm³/mol. The molecule has 2 rings (SSSR count). The van der Waals surface area contributed by atoms with Crippen LogP contribution in [0.25, 0.3) is 0 Å². The van der Waals surface area contributed by atoms with Crippen LogP contribution in [0.4, 0.5) is 0 Å². The molecule has 1 aliphatic rings. The van der Waals surface area contributed by atoms with E-state index in [2.05, 4.69) is 19.2 Å². The first-order chi connectivity index (χ1) is 10.5. The van der Waals surface area contributed by atoms with Crippen molar-refractivity contribution >= 4 is 23.2 Å². The molecule has 1 N–H and O–H groups in total.